The van der Waals surface area contributed by atoms with Crippen molar-refractivity contribution in [2.75, 3.05) is 5.32 Å². The minimum atomic E-state index is -0.543. The van der Waals surface area contributed by atoms with Gasteiger partial charge >= 0.3 is 5.82 Å². The molecular formula is C12H11BrN4O3. The molecule has 1 amide bonds. The van der Waals surface area contributed by atoms with Gasteiger partial charge in [-0.3, -0.25) is 4.79 Å². The Morgan fingerprint density at radius 1 is 1.40 bits per heavy atom. The van der Waals surface area contributed by atoms with E-state index in [1.165, 1.54) is 23.7 Å². The summed E-state index contributed by atoms with van der Waals surface area (Å²) in [6, 6.07) is 6.10. The van der Waals surface area contributed by atoms with Crippen molar-refractivity contribution in [2.24, 2.45) is 7.05 Å². The van der Waals surface area contributed by atoms with Gasteiger partial charge in [-0.25, -0.2) is 9.55 Å². The average Bonchev–Trinajstić information content (AvgIpc) is 2.76. The monoisotopic (exact) mass is 338 g/mol. The average molecular weight is 339 g/mol. The van der Waals surface area contributed by atoms with Crippen LogP contribution in [-0.4, -0.2) is 20.4 Å². The molecule has 0 unspecified atom stereocenters. The maximum Gasteiger partial charge on any atom is 0.323 e. The minimum Gasteiger partial charge on any atom is -0.358 e. The summed E-state index contributed by atoms with van der Waals surface area (Å²) in [4.78, 5) is 26.4. The number of nitrogens with zero attached hydrogens (tertiary/aromatic N) is 3. The fraction of sp³-hybridized carbons (Fsp3) is 0.167. The zero-order valence-corrected chi connectivity index (χ0v) is 12.3. The molecule has 0 spiro atoms. The molecule has 0 bridgehead atoms. The molecule has 1 N–H and O–H groups in total. The molecule has 2 aromatic heterocycles. The zero-order valence-electron chi connectivity index (χ0n) is 10.8. The van der Waals surface area contributed by atoms with Crippen LogP contribution in [-0.2, 0) is 7.05 Å². The highest BCUT2D eigenvalue weighted by Gasteiger charge is 2.20. The molecule has 20 heavy (non-hydrogen) atoms. The van der Waals surface area contributed by atoms with Gasteiger partial charge in [0, 0.05) is 10.5 Å². The number of aryl methyl sites for hydroxylation is 1. The number of carbonyl (C=O) groups is 1. The Hall–Kier alpha value is -2.22. The predicted molar refractivity (Wildman–Crippen MR) is 76.7 cm³/mol. The highest BCUT2D eigenvalue weighted by Crippen LogP contribution is 2.18. The molecule has 0 saturated heterocycles. The molecule has 0 aliphatic carbocycles. The van der Waals surface area contributed by atoms with E-state index in [9.17, 15) is 14.9 Å². The normalized spacial score (nSPS) is 10.3. The van der Waals surface area contributed by atoms with Crippen LogP contribution in [0.3, 0.4) is 0 Å². The Morgan fingerprint density at radius 3 is 2.65 bits per heavy atom. The maximum absolute atomic E-state index is 12.1. The number of halogens is 1. The van der Waals surface area contributed by atoms with Gasteiger partial charge in [-0.2, -0.15) is 0 Å². The van der Waals surface area contributed by atoms with Crippen LogP contribution in [0.1, 0.15) is 16.2 Å². The zero-order chi connectivity index (χ0) is 14.9. The van der Waals surface area contributed by atoms with Crippen molar-refractivity contribution in [2.45, 2.75) is 6.92 Å². The lowest BCUT2D eigenvalue weighted by Gasteiger charge is -2.05. The largest absolute Gasteiger partial charge is 0.358 e. The Labute approximate surface area is 122 Å². The van der Waals surface area contributed by atoms with Gasteiger partial charge in [0.15, 0.2) is 5.69 Å². The third kappa shape index (κ3) is 2.69. The van der Waals surface area contributed by atoms with Crippen molar-refractivity contribution < 1.29 is 9.72 Å². The number of rotatable bonds is 3. The van der Waals surface area contributed by atoms with Gasteiger partial charge in [-0.1, -0.05) is 0 Å². The highest BCUT2D eigenvalue weighted by molar-refractivity contribution is 9.10. The van der Waals surface area contributed by atoms with Crippen molar-refractivity contribution in [3.8, 4) is 0 Å². The summed E-state index contributed by atoms with van der Waals surface area (Å²) < 4.78 is 2.06. The summed E-state index contributed by atoms with van der Waals surface area (Å²) >= 11 is 3.32. The fourth-order valence-corrected chi connectivity index (χ4v) is 1.93. The first-order valence-electron chi connectivity index (χ1n) is 5.64. The number of nitro groups is 1. The molecule has 0 radical (unpaired) electrons. The lowest BCUT2D eigenvalue weighted by molar-refractivity contribution is -0.391. The molecule has 8 heteroatoms. The number of hydrogen-bond acceptors (Lipinski definition) is 4. The first-order chi connectivity index (χ1) is 9.40. The minimum absolute atomic E-state index is 0.143. The van der Waals surface area contributed by atoms with E-state index in [4.69, 9.17) is 0 Å². The smallest absolute Gasteiger partial charge is 0.323 e. The second kappa shape index (κ2) is 5.41. The van der Waals surface area contributed by atoms with Crippen LogP contribution in [0.2, 0.25) is 0 Å². The molecule has 2 heterocycles. The van der Waals surface area contributed by atoms with Crippen LogP contribution in [0, 0.1) is 17.0 Å². The van der Waals surface area contributed by atoms with E-state index in [-0.39, 0.29) is 11.5 Å². The number of aromatic nitrogens is 2. The van der Waals surface area contributed by atoms with E-state index in [1.807, 2.05) is 0 Å². The van der Waals surface area contributed by atoms with E-state index in [0.29, 0.717) is 5.82 Å². The van der Waals surface area contributed by atoms with Gasteiger partial charge in [0.05, 0.1) is 12.7 Å². The van der Waals surface area contributed by atoms with Crippen molar-refractivity contribution in [3.05, 3.63) is 50.2 Å². The third-order valence-corrected chi connectivity index (χ3v) is 3.62. The fourth-order valence-electron chi connectivity index (χ4n) is 1.71. The Bertz CT molecular complexity index is 696. The Kier molecular flexibility index (Phi) is 3.84. The number of carbonyl (C=O) groups excluding carboxylic acids is 1. The summed E-state index contributed by atoms with van der Waals surface area (Å²) in [6.45, 7) is 1.80. The van der Waals surface area contributed by atoms with Gasteiger partial charge in [-0.15, -0.1) is 0 Å². The number of hydrogen-bond donors (Lipinski definition) is 1. The van der Waals surface area contributed by atoms with Crippen molar-refractivity contribution in [1.82, 2.24) is 9.55 Å². The lowest BCUT2D eigenvalue weighted by Crippen LogP contribution is -2.17. The second-order valence-corrected chi connectivity index (χ2v) is 4.97. The summed E-state index contributed by atoms with van der Waals surface area (Å²) in [6.07, 6.45) is 0. The quantitative estimate of drug-likeness (QED) is 0.688. The van der Waals surface area contributed by atoms with Crippen molar-refractivity contribution in [1.29, 1.82) is 0 Å². The summed E-state index contributed by atoms with van der Waals surface area (Å²) in [7, 11) is 1.47. The Morgan fingerprint density at radius 2 is 2.10 bits per heavy atom. The van der Waals surface area contributed by atoms with E-state index in [1.54, 1.807) is 19.1 Å². The summed E-state index contributed by atoms with van der Waals surface area (Å²) in [5.41, 5.74) is 0.930. The van der Waals surface area contributed by atoms with Crippen molar-refractivity contribution >= 4 is 33.5 Å². The van der Waals surface area contributed by atoms with Gasteiger partial charge < -0.3 is 15.4 Å². The first kappa shape index (κ1) is 14.2. The molecule has 0 aliphatic rings. The van der Waals surface area contributed by atoms with Crippen LogP contribution in [0.5, 0.6) is 0 Å². The Balaban J connectivity index is 2.24. The molecule has 0 atom stereocenters. The van der Waals surface area contributed by atoms with Gasteiger partial charge in [-0.05, 0) is 46.0 Å². The molecular weight excluding hydrogens is 328 g/mol. The van der Waals surface area contributed by atoms with Crippen LogP contribution < -0.4 is 5.32 Å². The molecule has 0 aromatic carbocycles. The summed E-state index contributed by atoms with van der Waals surface area (Å²) in [5, 5.41) is 13.3. The number of amides is 1. The van der Waals surface area contributed by atoms with E-state index in [0.717, 1.165) is 10.2 Å². The van der Waals surface area contributed by atoms with Crippen LogP contribution in [0.4, 0.5) is 11.6 Å². The molecule has 104 valence electrons. The molecule has 0 aliphatic heterocycles. The highest BCUT2D eigenvalue weighted by atomic mass is 79.9. The van der Waals surface area contributed by atoms with E-state index >= 15 is 0 Å². The van der Waals surface area contributed by atoms with Crippen LogP contribution >= 0.6 is 15.9 Å². The van der Waals surface area contributed by atoms with E-state index in [2.05, 4.69) is 26.2 Å². The molecule has 0 fully saturated rings. The second-order valence-electron chi connectivity index (χ2n) is 4.11. The van der Waals surface area contributed by atoms with E-state index < -0.39 is 10.8 Å². The molecule has 2 rings (SSSR count). The predicted octanol–water partition coefficient (Wildman–Crippen LogP) is 2.65. The van der Waals surface area contributed by atoms with Gasteiger partial charge in [0.2, 0.25) is 0 Å². The molecule has 0 saturated carbocycles. The third-order valence-electron chi connectivity index (χ3n) is 2.78. The topological polar surface area (TPSA) is 90.1 Å². The number of pyridine rings is 1. The molecule has 7 nitrogen and oxygen atoms in total. The van der Waals surface area contributed by atoms with Gasteiger partial charge in [0.25, 0.3) is 5.91 Å². The first-order valence-corrected chi connectivity index (χ1v) is 6.44. The lowest BCUT2D eigenvalue weighted by atomic mass is 10.3. The standard InChI is InChI=1S/C12H11BrN4O3/c1-7-8(13)3-5-10(14-7)15-12(18)9-4-6-11(16(9)2)17(19)20/h3-6H,1-2H3,(H,14,15,18). The van der Waals surface area contributed by atoms with Gasteiger partial charge in [0.1, 0.15) is 5.82 Å². The maximum atomic E-state index is 12.1. The molecule has 2 aromatic rings. The summed E-state index contributed by atoms with van der Waals surface area (Å²) in [5.74, 6) is -0.204. The SMILES string of the molecule is Cc1nc(NC(=O)c2ccc([N+](=O)[O-])n2C)ccc1Br. The number of anilines is 1. The van der Waals surface area contributed by atoms with Crippen LogP contribution in [0.25, 0.3) is 0 Å². The number of nitrogens with one attached hydrogen (secondary N) is 1. The van der Waals surface area contributed by atoms with Crippen LogP contribution in [0.15, 0.2) is 28.7 Å². The van der Waals surface area contributed by atoms with Crippen molar-refractivity contribution in [3.63, 3.8) is 0 Å².